The zero-order chi connectivity index (χ0) is 12.3. The molecule has 2 rings (SSSR count). The Kier molecular flexibility index (Phi) is 2.97. The molecule has 0 aliphatic carbocycles. The molecule has 0 aromatic heterocycles. The van der Waals surface area contributed by atoms with Crippen molar-refractivity contribution >= 4 is 6.29 Å². The van der Waals surface area contributed by atoms with E-state index in [1.165, 1.54) is 18.2 Å². The summed E-state index contributed by atoms with van der Waals surface area (Å²) in [7, 11) is 0. The Balaban J connectivity index is 2.68. The van der Waals surface area contributed by atoms with E-state index in [2.05, 4.69) is 0 Å². The maximum atomic E-state index is 13.7. The molecule has 2 aromatic rings. The van der Waals surface area contributed by atoms with Gasteiger partial charge in [-0.25, -0.2) is 4.39 Å². The summed E-state index contributed by atoms with van der Waals surface area (Å²) in [5.41, 5.74) is 1.53. The van der Waals surface area contributed by atoms with E-state index >= 15 is 0 Å². The first-order valence-electron chi connectivity index (χ1n) is 5.00. The van der Waals surface area contributed by atoms with E-state index in [-0.39, 0.29) is 5.56 Å². The molecule has 0 N–H and O–H groups in total. The number of nitriles is 1. The molecule has 0 saturated heterocycles. The van der Waals surface area contributed by atoms with Crippen molar-refractivity contribution in [2.75, 3.05) is 0 Å². The minimum absolute atomic E-state index is 0.270. The average Bonchev–Trinajstić information content (AvgIpc) is 2.39. The zero-order valence-electron chi connectivity index (χ0n) is 8.85. The van der Waals surface area contributed by atoms with Crippen LogP contribution in [0.25, 0.3) is 11.1 Å². The number of rotatable bonds is 2. The van der Waals surface area contributed by atoms with Crippen LogP contribution in [-0.2, 0) is 0 Å². The molecule has 3 heteroatoms. The molecule has 0 atom stereocenters. The largest absolute Gasteiger partial charge is 0.298 e. The summed E-state index contributed by atoms with van der Waals surface area (Å²) in [6.07, 6.45) is 0.674. The Hall–Kier alpha value is -2.47. The van der Waals surface area contributed by atoms with Crippen molar-refractivity contribution in [1.82, 2.24) is 0 Å². The van der Waals surface area contributed by atoms with Gasteiger partial charge in [-0.05, 0) is 23.8 Å². The topological polar surface area (TPSA) is 40.9 Å². The van der Waals surface area contributed by atoms with Gasteiger partial charge in [0, 0.05) is 11.1 Å². The van der Waals surface area contributed by atoms with Gasteiger partial charge in [0.1, 0.15) is 5.82 Å². The van der Waals surface area contributed by atoms with Gasteiger partial charge < -0.3 is 0 Å². The van der Waals surface area contributed by atoms with Crippen molar-refractivity contribution in [2.24, 2.45) is 0 Å². The lowest BCUT2D eigenvalue weighted by Gasteiger charge is -2.06. The molecule has 0 heterocycles. The van der Waals surface area contributed by atoms with Crippen LogP contribution in [0.2, 0.25) is 0 Å². The normalized spacial score (nSPS) is 9.65. The van der Waals surface area contributed by atoms with Crippen LogP contribution in [0.4, 0.5) is 4.39 Å². The third-order valence-electron chi connectivity index (χ3n) is 2.47. The minimum atomic E-state index is -0.446. The molecule has 0 aliphatic heterocycles. The van der Waals surface area contributed by atoms with Crippen LogP contribution >= 0.6 is 0 Å². The van der Waals surface area contributed by atoms with E-state index in [4.69, 9.17) is 5.26 Å². The molecule has 0 bridgehead atoms. The van der Waals surface area contributed by atoms with Crippen LogP contribution in [0.15, 0.2) is 42.5 Å². The molecule has 0 unspecified atom stereocenters. The number of carbonyl (C=O) groups is 1. The number of hydrogen-bond donors (Lipinski definition) is 0. The van der Waals surface area contributed by atoms with E-state index in [0.29, 0.717) is 23.0 Å². The molecule has 0 amide bonds. The molecule has 17 heavy (non-hydrogen) atoms. The Morgan fingerprint density at radius 2 is 1.88 bits per heavy atom. The van der Waals surface area contributed by atoms with Gasteiger partial charge in [0.2, 0.25) is 0 Å². The molecule has 2 nitrogen and oxygen atoms in total. The van der Waals surface area contributed by atoms with E-state index in [1.807, 2.05) is 6.07 Å². The SMILES string of the molecule is N#Cc1ccc(F)c(-c2ccccc2C=O)c1. The molecule has 82 valence electrons. The highest BCUT2D eigenvalue weighted by molar-refractivity contribution is 5.87. The van der Waals surface area contributed by atoms with E-state index < -0.39 is 5.82 Å². The molecular formula is C14H8FNO. The van der Waals surface area contributed by atoms with Crippen molar-refractivity contribution in [3.05, 3.63) is 59.4 Å². The van der Waals surface area contributed by atoms with Crippen LogP contribution in [-0.4, -0.2) is 6.29 Å². The molecular weight excluding hydrogens is 217 g/mol. The second-order valence-corrected chi connectivity index (χ2v) is 3.51. The molecule has 2 aromatic carbocycles. The summed E-state index contributed by atoms with van der Waals surface area (Å²) in [4.78, 5) is 10.9. The lowest BCUT2D eigenvalue weighted by Crippen LogP contribution is -1.91. The average molecular weight is 225 g/mol. The van der Waals surface area contributed by atoms with E-state index in [9.17, 15) is 9.18 Å². The fourth-order valence-corrected chi connectivity index (χ4v) is 1.65. The van der Waals surface area contributed by atoms with Crippen LogP contribution < -0.4 is 0 Å². The Bertz CT molecular complexity index is 614. The van der Waals surface area contributed by atoms with E-state index in [1.54, 1.807) is 24.3 Å². The van der Waals surface area contributed by atoms with Gasteiger partial charge in [-0.1, -0.05) is 24.3 Å². The predicted octanol–water partition coefficient (Wildman–Crippen LogP) is 3.18. The number of hydrogen-bond acceptors (Lipinski definition) is 2. The number of benzene rings is 2. The van der Waals surface area contributed by atoms with Gasteiger partial charge in [-0.15, -0.1) is 0 Å². The molecule has 0 radical (unpaired) electrons. The quantitative estimate of drug-likeness (QED) is 0.736. The first-order chi connectivity index (χ1) is 8.26. The fraction of sp³-hybridized carbons (Fsp3) is 0. The third kappa shape index (κ3) is 2.06. The maximum absolute atomic E-state index is 13.7. The summed E-state index contributed by atoms with van der Waals surface area (Å²) in [6.45, 7) is 0. The number of nitrogens with zero attached hydrogens (tertiary/aromatic N) is 1. The van der Waals surface area contributed by atoms with Gasteiger partial charge in [0.15, 0.2) is 6.29 Å². The smallest absolute Gasteiger partial charge is 0.150 e. The number of halogens is 1. The van der Waals surface area contributed by atoms with Gasteiger partial charge >= 0.3 is 0 Å². The van der Waals surface area contributed by atoms with Crippen LogP contribution in [0.3, 0.4) is 0 Å². The van der Waals surface area contributed by atoms with Gasteiger partial charge in [-0.2, -0.15) is 5.26 Å². The third-order valence-corrected chi connectivity index (χ3v) is 2.47. The maximum Gasteiger partial charge on any atom is 0.150 e. The molecule has 0 aliphatic rings. The fourth-order valence-electron chi connectivity index (χ4n) is 1.65. The van der Waals surface area contributed by atoms with E-state index in [0.717, 1.165) is 0 Å². The highest BCUT2D eigenvalue weighted by atomic mass is 19.1. The van der Waals surface area contributed by atoms with Gasteiger partial charge in [0.05, 0.1) is 11.6 Å². The van der Waals surface area contributed by atoms with Crippen LogP contribution in [0.5, 0.6) is 0 Å². The number of aldehydes is 1. The second-order valence-electron chi connectivity index (χ2n) is 3.51. The lowest BCUT2D eigenvalue weighted by molar-refractivity contribution is 0.112. The lowest BCUT2D eigenvalue weighted by atomic mass is 9.98. The summed E-state index contributed by atoms with van der Waals surface area (Å²) in [5.74, 6) is -0.446. The highest BCUT2D eigenvalue weighted by Crippen LogP contribution is 2.26. The van der Waals surface area contributed by atoms with Crippen molar-refractivity contribution in [3.8, 4) is 17.2 Å². The first-order valence-corrected chi connectivity index (χ1v) is 5.00. The van der Waals surface area contributed by atoms with Crippen molar-refractivity contribution < 1.29 is 9.18 Å². The van der Waals surface area contributed by atoms with Crippen molar-refractivity contribution in [1.29, 1.82) is 5.26 Å². The van der Waals surface area contributed by atoms with Crippen molar-refractivity contribution in [3.63, 3.8) is 0 Å². The predicted molar refractivity (Wildman–Crippen MR) is 61.9 cm³/mol. The van der Waals surface area contributed by atoms with Crippen LogP contribution in [0.1, 0.15) is 15.9 Å². The second kappa shape index (κ2) is 4.58. The summed E-state index contributed by atoms with van der Waals surface area (Å²) < 4.78 is 13.7. The molecule has 0 fully saturated rings. The summed E-state index contributed by atoms with van der Waals surface area (Å²) in [6, 6.07) is 12.7. The standard InChI is InChI=1S/C14H8FNO/c15-14-6-5-10(8-16)7-13(14)12-4-2-1-3-11(12)9-17/h1-7,9H. The van der Waals surface area contributed by atoms with Gasteiger partial charge in [0.25, 0.3) is 0 Å². The summed E-state index contributed by atoms with van der Waals surface area (Å²) in [5, 5.41) is 8.78. The monoisotopic (exact) mass is 225 g/mol. The Labute approximate surface area is 97.9 Å². The van der Waals surface area contributed by atoms with Crippen molar-refractivity contribution in [2.45, 2.75) is 0 Å². The van der Waals surface area contributed by atoms with Gasteiger partial charge in [-0.3, -0.25) is 4.79 Å². The molecule has 0 spiro atoms. The highest BCUT2D eigenvalue weighted by Gasteiger charge is 2.09. The Morgan fingerprint density at radius 1 is 1.12 bits per heavy atom. The first kappa shape index (κ1) is 11.0. The molecule has 0 saturated carbocycles. The number of carbonyl (C=O) groups excluding carboxylic acids is 1. The van der Waals surface area contributed by atoms with Crippen LogP contribution in [0, 0.1) is 17.1 Å². The zero-order valence-corrected chi connectivity index (χ0v) is 8.85. The summed E-state index contributed by atoms with van der Waals surface area (Å²) >= 11 is 0. The minimum Gasteiger partial charge on any atom is -0.298 e. The Morgan fingerprint density at radius 3 is 2.59 bits per heavy atom.